The third kappa shape index (κ3) is 2.69. The molecule has 3 aromatic rings. The van der Waals surface area contributed by atoms with Gasteiger partial charge in [-0.15, -0.1) is 0 Å². The number of hydrogen-bond donors (Lipinski definition) is 0. The number of hydrogen-bond acceptors (Lipinski definition) is 0. The molecule has 3 rings (SSSR count). The maximum absolute atomic E-state index is 2.35. The highest BCUT2D eigenvalue weighted by Crippen LogP contribution is 2.35. The molecule has 0 saturated heterocycles. The lowest BCUT2D eigenvalue weighted by atomic mass is 9.89. The van der Waals surface area contributed by atoms with Crippen LogP contribution in [0.25, 0.3) is 22.3 Å². The third-order valence-corrected chi connectivity index (χ3v) is 4.44. The van der Waals surface area contributed by atoms with Crippen LogP contribution in [0.15, 0.2) is 66.7 Å². The van der Waals surface area contributed by atoms with Gasteiger partial charge in [0.1, 0.15) is 0 Å². The maximum Gasteiger partial charge on any atom is -0.0103 e. The van der Waals surface area contributed by atoms with Gasteiger partial charge in [-0.2, -0.15) is 0 Å². The summed E-state index contributed by atoms with van der Waals surface area (Å²) in [5.41, 5.74) is 9.41. The average molecular weight is 286 g/mol. The van der Waals surface area contributed by atoms with E-state index >= 15 is 0 Å². The summed E-state index contributed by atoms with van der Waals surface area (Å²) in [6.45, 7) is 6.66. The third-order valence-electron chi connectivity index (χ3n) is 4.44. The Labute approximate surface area is 133 Å². The highest BCUT2D eigenvalue weighted by Gasteiger charge is 2.11. The molecule has 0 nitrogen and oxygen atoms in total. The van der Waals surface area contributed by atoms with Crippen LogP contribution >= 0.6 is 0 Å². The molecule has 0 atom stereocenters. The van der Waals surface area contributed by atoms with Crippen molar-refractivity contribution >= 4 is 0 Å². The zero-order chi connectivity index (χ0) is 15.5. The van der Waals surface area contributed by atoms with Crippen LogP contribution in [0.1, 0.15) is 23.6 Å². The van der Waals surface area contributed by atoms with Gasteiger partial charge in [-0.3, -0.25) is 0 Å². The highest BCUT2D eigenvalue weighted by atomic mass is 14.1. The Morgan fingerprint density at radius 1 is 0.682 bits per heavy atom. The molecule has 110 valence electrons. The van der Waals surface area contributed by atoms with E-state index in [0.717, 1.165) is 6.42 Å². The first-order valence-corrected chi connectivity index (χ1v) is 7.95. The Hall–Kier alpha value is -2.34. The Balaban J connectivity index is 2.24. The van der Waals surface area contributed by atoms with Gasteiger partial charge >= 0.3 is 0 Å². The molecule has 0 spiro atoms. The molecular weight excluding hydrogens is 264 g/mol. The molecule has 0 unspecified atom stereocenters. The summed E-state index contributed by atoms with van der Waals surface area (Å²) in [5, 5.41) is 0. The Kier molecular flexibility index (Phi) is 4.11. The normalized spacial score (nSPS) is 10.7. The molecule has 0 fully saturated rings. The highest BCUT2D eigenvalue weighted by molar-refractivity contribution is 5.85. The van der Waals surface area contributed by atoms with E-state index in [2.05, 4.69) is 87.5 Å². The standard InChI is InChI=1S/C22H22/c1-4-18-14-16(2)17(3)22(15-18)21-13-9-8-12-20(21)19-10-6-5-7-11-19/h5-15H,4H2,1-3H3. The van der Waals surface area contributed by atoms with Crippen LogP contribution in [0.5, 0.6) is 0 Å². The molecule has 22 heavy (non-hydrogen) atoms. The van der Waals surface area contributed by atoms with E-state index in [9.17, 15) is 0 Å². The molecule has 0 saturated carbocycles. The predicted molar refractivity (Wildman–Crippen MR) is 96.2 cm³/mol. The molecule has 3 aromatic carbocycles. The molecule has 0 heteroatoms. The molecule has 0 N–H and O–H groups in total. The van der Waals surface area contributed by atoms with E-state index in [0.29, 0.717) is 0 Å². The van der Waals surface area contributed by atoms with Crippen molar-refractivity contribution in [1.29, 1.82) is 0 Å². The van der Waals surface area contributed by atoms with E-state index in [4.69, 9.17) is 0 Å². The molecule has 0 aliphatic rings. The summed E-state index contributed by atoms with van der Waals surface area (Å²) >= 11 is 0. The lowest BCUT2D eigenvalue weighted by Gasteiger charge is -2.15. The summed E-state index contributed by atoms with van der Waals surface area (Å²) in [6, 6.07) is 24.0. The fraction of sp³-hybridized carbons (Fsp3) is 0.182. The van der Waals surface area contributed by atoms with Crippen LogP contribution in [-0.4, -0.2) is 0 Å². The van der Waals surface area contributed by atoms with Crippen molar-refractivity contribution in [3.8, 4) is 22.3 Å². The Morgan fingerprint density at radius 3 is 2.00 bits per heavy atom. The van der Waals surface area contributed by atoms with Crippen molar-refractivity contribution in [3.05, 3.63) is 83.4 Å². The smallest absolute Gasteiger partial charge is 0.0103 e. The van der Waals surface area contributed by atoms with Crippen LogP contribution in [0.3, 0.4) is 0 Å². The van der Waals surface area contributed by atoms with E-state index in [-0.39, 0.29) is 0 Å². The summed E-state index contributed by atoms with van der Waals surface area (Å²) in [6.07, 6.45) is 1.07. The second-order valence-electron chi connectivity index (χ2n) is 5.85. The summed E-state index contributed by atoms with van der Waals surface area (Å²) in [4.78, 5) is 0. The minimum Gasteiger partial charge on any atom is -0.0622 e. The van der Waals surface area contributed by atoms with Crippen molar-refractivity contribution in [2.75, 3.05) is 0 Å². The maximum atomic E-state index is 2.35. The predicted octanol–water partition coefficient (Wildman–Crippen LogP) is 6.20. The summed E-state index contributed by atoms with van der Waals surface area (Å²) < 4.78 is 0. The van der Waals surface area contributed by atoms with Gasteiger partial charge in [0.15, 0.2) is 0 Å². The monoisotopic (exact) mass is 286 g/mol. The van der Waals surface area contributed by atoms with E-state index in [1.807, 2.05) is 0 Å². The zero-order valence-corrected chi connectivity index (χ0v) is 13.6. The van der Waals surface area contributed by atoms with Gasteiger partial charge in [-0.1, -0.05) is 73.7 Å². The second kappa shape index (κ2) is 6.19. The quantitative estimate of drug-likeness (QED) is 0.537. The van der Waals surface area contributed by atoms with Gasteiger partial charge in [-0.25, -0.2) is 0 Å². The molecule has 0 amide bonds. The van der Waals surface area contributed by atoms with E-state index in [1.54, 1.807) is 0 Å². The van der Waals surface area contributed by atoms with Crippen LogP contribution in [-0.2, 0) is 6.42 Å². The molecule has 0 heterocycles. The first-order valence-electron chi connectivity index (χ1n) is 7.95. The molecule has 0 aromatic heterocycles. The number of benzene rings is 3. The summed E-state index contributed by atoms with van der Waals surface area (Å²) in [5.74, 6) is 0. The fourth-order valence-corrected chi connectivity index (χ4v) is 3.01. The molecule has 0 radical (unpaired) electrons. The van der Waals surface area contributed by atoms with Gasteiger partial charge in [-0.05, 0) is 59.2 Å². The number of aryl methyl sites for hydroxylation is 2. The van der Waals surface area contributed by atoms with Crippen LogP contribution in [0, 0.1) is 13.8 Å². The Bertz CT molecular complexity index is 782. The van der Waals surface area contributed by atoms with Crippen LogP contribution in [0.4, 0.5) is 0 Å². The fourth-order valence-electron chi connectivity index (χ4n) is 3.01. The van der Waals surface area contributed by atoms with Crippen molar-refractivity contribution in [1.82, 2.24) is 0 Å². The van der Waals surface area contributed by atoms with Gasteiger partial charge in [0, 0.05) is 0 Å². The molecular formula is C22H22. The van der Waals surface area contributed by atoms with E-state index in [1.165, 1.54) is 38.9 Å². The van der Waals surface area contributed by atoms with Gasteiger partial charge < -0.3 is 0 Å². The minimum absolute atomic E-state index is 1.07. The molecule has 0 aliphatic carbocycles. The first-order chi connectivity index (χ1) is 10.7. The average Bonchev–Trinajstić information content (AvgIpc) is 2.58. The van der Waals surface area contributed by atoms with Crippen LogP contribution < -0.4 is 0 Å². The largest absolute Gasteiger partial charge is 0.0622 e. The number of rotatable bonds is 3. The topological polar surface area (TPSA) is 0 Å². The zero-order valence-electron chi connectivity index (χ0n) is 13.6. The van der Waals surface area contributed by atoms with Gasteiger partial charge in [0.05, 0.1) is 0 Å². The molecule has 0 bridgehead atoms. The van der Waals surface area contributed by atoms with Crippen molar-refractivity contribution in [2.24, 2.45) is 0 Å². The lowest BCUT2D eigenvalue weighted by Crippen LogP contribution is -1.93. The van der Waals surface area contributed by atoms with Crippen molar-refractivity contribution in [3.63, 3.8) is 0 Å². The minimum atomic E-state index is 1.07. The lowest BCUT2D eigenvalue weighted by molar-refractivity contribution is 1.12. The van der Waals surface area contributed by atoms with Gasteiger partial charge in [0.25, 0.3) is 0 Å². The molecule has 0 aliphatic heterocycles. The Morgan fingerprint density at radius 2 is 1.32 bits per heavy atom. The van der Waals surface area contributed by atoms with Crippen molar-refractivity contribution in [2.45, 2.75) is 27.2 Å². The second-order valence-corrected chi connectivity index (χ2v) is 5.85. The van der Waals surface area contributed by atoms with Crippen LogP contribution in [0.2, 0.25) is 0 Å². The van der Waals surface area contributed by atoms with E-state index < -0.39 is 0 Å². The van der Waals surface area contributed by atoms with Crippen molar-refractivity contribution < 1.29 is 0 Å². The van der Waals surface area contributed by atoms with Gasteiger partial charge in [0.2, 0.25) is 0 Å². The summed E-state index contributed by atoms with van der Waals surface area (Å²) in [7, 11) is 0. The first kappa shape index (κ1) is 14.6. The SMILES string of the molecule is CCc1cc(C)c(C)c(-c2ccccc2-c2ccccc2)c1.